The van der Waals surface area contributed by atoms with Gasteiger partial charge in [-0.05, 0) is 37.3 Å². The number of anilines is 1. The monoisotopic (exact) mass is 422 g/mol. The van der Waals surface area contributed by atoms with E-state index >= 15 is 0 Å². The molecule has 0 aliphatic carbocycles. The smallest absolute Gasteiger partial charge is 0.337 e. The molecule has 0 radical (unpaired) electrons. The number of aromatic nitrogens is 2. The van der Waals surface area contributed by atoms with Crippen LogP contribution in [0, 0.1) is 0 Å². The third-order valence-corrected chi connectivity index (χ3v) is 5.91. The van der Waals surface area contributed by atoms with E-state index in [1.54, 1.807) is 6.07 Å². The van der Waals surface area contributed by atoms with Crippen LogP contribution < -0.4 is 16.1 Å². The number of methoxy groups -OCH3 is 1. The lowest BCUT2D eigenvalue weighted by atomic mass is 10.1. The number of hydrogen-bond donors (Lipinski definition) is 1. The lowest BCUT2D eigenvalue weighted by Gasteiger charge is -2.39. The van der Waals surface area contributed by atoms with E-state index in [0.29, 0.717) is 17.4 Å². The van der Waals surface area contributed by atoms with Crippen molar-refractivity contribution in [3.05, 3.63) is 74.9 Å². The zero-order valence-corrected chi connectivity index (χ0v) is 17.7. The van der Waals surface area contributed by atoms with E-state index in [2.05, 4.69) is 26.9 Å². The number of benzene rings is 2. The topological polar surface area (TPSA) is 87.6 Å². The molecule has 1 aromatic heterocycles. The van der Waals surface area contributed by atoms with E-state index in [9.17, 15) is 14.4 Å². The number of H-pyrrole nitrogens is 1. The lowest BCUT2D eigenvalue weighted by Crippen LogP contribution is -2.52. The minimum atomic E-state index is -0.518. The highest BCUT2D eigenvalue weighted by atomic mass is 16.5. The molecule has 0 spiro atoms. The Kier molecular flexibility index (Phi) is 5.90. The first-order valence-corrected chi connectivity index (χ1v) is 10.4. The summed E-state index contributed by atoms with van der Waals surface area (Å²) in [5.41, 5.74) is 0.994. The van der Waals surface area contributed by atoms with Crippen LogP contribution in [0.1, 0.15) is 17.3 Å². The van der Waals surface area contributed by atoms with Gasteiger partial charge in [-0.1, -0.05) is 18.2 Å². The summed E-state index contributed by atoms with van der Waals surface area (Å²) in [5, 5.41) is 0.369. The summed E-state index contributed by atoms with van der Waals surface area (Å²) in [6.45, 7) is 5.85. The van der Waals surface area contributed by atoms with E-state index in [1.165, 1.54) is 29.5 Å². The first-order valence-electron chi connectivity index (χ1n) is 10.4. The molecule has 8 nitrogen and oxygen atoms in total. The predicted octanol–water partition coefficient (Wildman–Crippen LogP) is 1.69. The summed E-state index contributed by atoms with van der Waals surface area (Å²) in [7, 11) is 1.29. The summed E-state index contributed by atoms with van der Waals surface area (Å²) in [4.78, 5) is 44.7. The molecule has 1 fully saturated rings. The summed E-state index contributed by atoms with van der Waals surface area (Å²) < 4.78 is 5.95. The van der Waals surface area contributed by atoms with Gasteiger partial charge in [0.1, 0.15) is 0 Å². The Balaban J connectivity index is 1.50. The molecule has 0 amide bonds. The van der Waals surface area contributed by atoms with Crippen molar-refractivity contribution >= 4 is 22.6 Å². The van der Waals surface area contributed by atoms with Crippen molar-refractivity contribution < 1.29 is 9.53 Å². The van der Waals surface area contributed by atoms with Crippen LogP contribution in [-0.4, -0.2) is 59.8 Å². The van der Waals surface area contributed by atoms with Crippen LogP contribution in [-0.2, 0) is 11.3 Å². The van der Waals surface area contributed by atoms with Gasteiger partial charge in [0.15, 0.2) is 0 Å². The molecule has 1 aliphatic heterocycles. The third kappa shape index (κ3) is 4.25. The van der Waals surface area contributed by atoms with Crippen LogP contribution in [0.4, 0.5) is 5.69 Å². The summed E-state index contributed by atoms with van der Waals surface area (Å²) in [6.07, 6.45) is 0. The second-order valence-corrected chi connectivity index (χ2v) is 7.81. The Hall–Kier alpha value is -3.39. The number of nitrogens with zero attached hydrogens (tertiary/aromatic N) is 3. The Morgan fingerprint density at radius 1 is 1.06 bits per heavy atom. The van der Waals surface area contributed by atoms with Crippen LogP contribution in [0.15, 0.2) is 58.1 Å². The molecule has 2 aromatic carbocycles. The number of hydrogen-bond acceptors (Lipinski definition) is 6. The van der Waals surface area contributed by atoms with E-state index < -0.39 is 11.7 Å². The summed E-state index contributed by atoms with van der Waals surface area (Å²) >= 11 is 0. The van der Waals surface area contributed by atoms with Crippen molar-refractivity contribution in [2.24, 2.45) is 0 Å². The molecule has 0 saturated carbocycles. The number of fused-ring (bicyclic) bond motifs is 1. The Labute approximate surface area is 179 Å². The average Bonchev–Trinajstić information content (AvgIpc) is 2.81. The zero-order chi connectivity index (χ0) is 22.0. The van der Waals surface area contributed by atoms with Crippen LogP contribution in [0.3, 0.4) is 0 Å². The number of para-hydroxylation sites is 1. The average molecular weight is 422 g/mol. The van der Waals surface area contributed by atoms with Crippen molar-refractivity contribution in [3.8, 4) is 0 Å². The lowest BCUT2D eigenvalue weighted by molar-refractivity contribution is 0.0601. The second kappa shape index (κ2) is 8.77. The highest BCUT2D eigenvalue weighted by molar-refractivity contribution is 5.93. The minimum Gasteiger partial charge on any atom is -0.465 e. The first-order chi connectivity index (χ1) is 15.0. The molecule has 4 rings (SSSR count). The summed E-state index contributed by atoms with van der Waals surface area (Å²) in [5.74, 6) is -0.518. The van der Waals surface area contributed by atoms with E-state index in [-0.39, 0.29) is 17.2 Å². The van der Waals surface area contributed by atoms with Gasteiger partial charge in [0.25, 0.3) is 5.56 Å². The maximum Gasteiger partial charge on any atom is 0.337 e. The highest BCUT2D eigenvalue weighted by Crippen LogP contribution is 2.17. The quantitative estimate of drug-likeness (QED) is 0.630. The molecule has 31 heavy (non-hydrogen) atoms. The van der Waals surface area contributed by atoms with Crippen molar-refractivity contribution in [2.45, 2.75) is 19.5 Å². The number of nitrogens with one attached hydrogen (secondary N) is 1. The van der Waals surface area contributed by atoms with Crippen molar-refractivity contribution in [1.29, 1.82) is 0 Å². The van der Waals surface area contributed by atoms with Crippen molar-refractivity contribution in [1.82, 2.24) is 14.5 Å². The zero-order valence-electron chi connectivity index (χ0n) is 17.7. The van der Waals surface area contributed by atoms with Crippen LogP contribution in [0.5, 0.6) is 0 Å². The largest absolute Gasteiger partial charge is 0.465 e. The fraction of sp³-hybridized carbons (Fsp3) is 0.348. The van der Waals surface area contributed by atoms with Gasteiger partial charge in [0, 0.05) is 44.5 Å². The first kappa shape index (κ1) is 20.9. The van der Waals surface area contributed by atoms with Gasteiger partial charge in [-0.15, -0.1) is 0 Å². The van der Waals surface area contributed by atoms with Gasteiger partial charge in [-0.25, -0.2) is 9.59 Å². The molecule has 0 unspecified atom stereocenters. The normalized spacial score (nSPS) is 15.7. The minimum absolute atomic E-state index is 0.0310. The Morgan fingerprint density at radius 2 is 1.77 bits per heavy atom. The van der Waals surface area contributed by atoms with Gasteiger partial charge in [-0.2, -0.15) is 0 Å². The maximum atomic E-state index is 13.0. The van der Waals surface area contributed by atoms with Crippen LogP contribution >= 0.6 is 0 Å². The van der Waals surface area contributed by atoms with Gasteiger partial charge in [0.05, 0.1) is 23.6 Å². The number of carbonyl (C=O) groups is 1. The van der Waals surface area contributed by atoms with Gasteiger partial charge in [0.2, 0.25) is 0 Å². The molecule has 2 heterocycles. The molecular weight excluding hydrogens is 396 g/mol. The van der Waals surface area contributed by atoms with Crippen molar-refractivity contribution in [3.63, 3.8) is 0 Å². The molecule has 1 saturated heterocycles. The van der Waals surface area contributed by atoms with Crippen LogP contribution in [0.2, 0.25) is 0 Å². The number of rotatable bonds is 5. The molecule has 162 valence electrons. The molecule has 0 bridgehead atoms. The number of esters is 1. The SMILES string of the molecule is COC(=O)c1ccc2c(=O)n(C[C@H](C)N3CCN(c4ccccc4)CC3)c(=O)[nH]c2c1. The molecule has 3 aromatic rings. The van der Waals surface area contributed by atoms with Crippen LogP contribution in [0.25, 0.3) is 10.9 Å². The van der Waals surface area contributed by atoms with E-state index in [1.807, 2.05) is 25.1 Å². The Morgan fingerprint density at radius 3 is 2.45 bits per heavy atom. The number of carbonyl (C=O) groups excluding carboxylic acids is 1. The van der Waals surface area contributed by atoms with Gasteiger partial charge in [-0.3, -0.25) is 14.3 Å². The van der Waals surface area contributed by atoms with E-state index in [0.717, 1.165) is 26.2 Å². The van der Waals surface area contributed by atoms with E-state index in [4.69, 9.17) is 4.74 Å². The fourth-order valence-corrected chi connectivity index (χ4v) is 4.10. The van der Waals surface area contributed by atoms with Gasteiger partial charge < -0.3 is 14.6 Å². The molecule has 1 N–H and O–H groups in total. The number of piperazine rings is 1. The molecule has 8 heteroatoms. The Bertz CT molecular complexity index is 1190. The van der Waals surface area contributed by atoms with Crippen molar-refractivity contribution in [2.75, 3.05) is 38.2 Å². The maximum absolute atomic E-state index is 13.0. The second-order valence-electron chi connectivity index (χ2n) is 7.81. The van der Waals surface area contributed by atoms with Gasteiger partial charge >= 0.3 is 11.7 Å². The standard InChI is InChI=1S/C23H26N4O4/c1-16(25-10-12-26(13-11-25)18-6-4-3-5-7-18)15-27-21(28)19-9-8-17(22(29)31-2)14-20(19)24-23(27)30/h3-9,14,16H,10-13,15H2,1-2H3,(H,24,30)/t16-/m0/s1. The predicted molar refractivity (Wildman–Crippen MR) is 120 cm³/mol. The summed E-state index contributed by atoms with van der Waals surface area (Å²) in [6, 6.07) is 14.9. The number of ether oxygens (including phenoxy) is 1. The molecule has 1 atom stereocenters. The highest BCUT2D eigenvalue weighted by Gasteiger charge is 2.23. The fourth-order valence-electron chi connectivity index (χ4n) is 4.10. The molecular formula is C23H26N4O4. The number of aromatic amines is 1. The third-order valence-electron chi connectivity index (χ3n) is 5.91. The molecule has 1 aliphatic rings.